The van der Waals surface area contributed by atoms with Crippen LogP contribution in [0.4, 0.5) is 4.39 Å². The molecule has 0 aromatic heterocycles. The van der Waals surface area contributed by atoms with Crippen LogP contribution in [-0.4, -0.2) is 63.8 Å². The van der Waals surface area contributed by atoms with Gasteiger partial charge in [0, 0.05) is 38.9 Å². The van der Waals surface area contributed by atoms with Gasteiger partial charge in [-0.1, -0.05) is 12.1 Å². The van der Waals surface area contributed by atoms with Gasteiger partial charge in [-0.05, 0) is 51.1 Å². The molecule has 1 aliphatic rings. The van der Waals surface area contributed by atoms with Crippen LogP contribution in [0.15, 0.2) is 29.3 Å². The molecule has 0 bridgehead atoms. The Balaban J connectivity index is 0.00000312. The van der Waals surface area contributed by atoms with E-state index < -0.39 is 0 Å². The lowest BCUT2D eigenvalue weighted by atomic mass is 9.88. The Kier molecular flexibility index (Phi) is 9.66. The molecule has 0 unspecified atom stereocenters. The Labute approximate surface area is 167 Å². The van der Waals surface area contributed by atoms with Crippen molar-refractivity contribution in [2.24, 2.45) is 4.99 Å². The smallest absolute Gasteiger partial charge is 0.191 e. The van der Waals surface area contributed by atoms with Gasteiger partial charge >= 0.3 is 0 Å². The number of hydrogen-bond acceptors (Lipinski definition) is 3. The lowest BCUT2D eigenvalue weighted by Crippen LogP contribution is -2.57. The Bertz CT molecular complexity index is 530. The number of likely N-dealkylation sites (N-methyl/N-ethyl adjacent to an activating group) is 1. The zero-order valence-electron chi connectivity index (χ0n) is 15.3. The van der Waals surface area contributed by atoms with Gasteiger partial charge in [0.2, 0.25) is 0 Å². The molecule has 1 fully saturated rings. The van der Waals surface area contributed by atoms with Crippen molar-refractivity contribution >= 4 is 29.9 Å². The van der Waals surface area contributed by atoms with E-state index in [-0.39, 0.29) is 35.3 Å². The summed E-state index contributed by atoms with van der Waals surface area (Å²) in [5, 5.41) is 6.76. The van der Waals surface area contributed by atoms with Crippen LogP contribution in [0, 0.1) is 5.82 Å². The lowest BCUT2D eigenvalue weighted by Gasteiger charge is -2.43. The highest BCUT2D eigenvalue weighted by molar-refractivity contribution is 14.0. The topological polar surface area (TPSA) is 48.9 Å². The predicted molar refractivity (Wildman–Crippen MR) is 111 cm³/mol. The third kappa shape index (κ3) is 6.71. The summed E-state index contributed by atoms with van der Waals surface area (Å²) in [7, 11) is 6.02. The number of halogens is 2. The van der Waals surface area contributed by atoms with Crippen molar-refractivity contribution in [2.45, 2.75) is 24.8 Å². The Hall–Kier alpha value is -0.930. The van der Waals surface area contributed by atoms with Crippen molar-refractivity contribution in [3.8, 4) is 0 Å². The molecule has 0 amide bonds. The highest BCUT2D eigenvalue weighted by atomic mass is 127. The summed E-state index contributed by atoms with van der Waals surface area (Å²) in [6, 6.07) is 6.62. The van der Waals surface area contributed by atoms with Crippen LogP contribution in [0.2, 0.25) is 0 Å². The molecule has 1 heterocycles. The average Bonchev–Trinajstić information content (AvgIpc) is 2.60. The summed E-state index contributed by atoms with van der Waals surface area (Å²) < 4.78 is 18.4. The van der Waals surface area contributed by atoms with Crippen LogP contribution >= 0.6 is 24.0 Å². The molecule has 1 aromatic carbocycles. The zero-order chi connectivity index (χ0) is 17.4. The quantitative estimate of drug-likeness (QED) is 0.386. The second-order valence-corrected chi connectivity index (χ2v) is 6.46. The van der Waals surface area contributed by atoms with Crippen molar-refractivity contribution in [3.63, 3.8) is 0 Å². The molecule has 0 aliphatic carbocycles. The van der Waals surface area contributed by atoms with Gasteiger partial charge in [0.25, 0.3) is 0 Å². The molecule has 1 aliphatic heterocycles. The van der Waals surface area contributed by atoms with Crippen LogP contribution in [0.1, 0.15) is 18.4 Å². The molecule has 1 saturated heterocycles. The molecule has 142 valence electrons. The molecular formula is C18H30FIN4O. The third-order valence-electron chi connectivity index (χ3n) is 4.80. The normalized spacial score (nSPS) is 17.1. The first-order valence-corrected chi connectivity index (χ1v) is 8.50. The van der Waals surface area contributed by atoms with Gasteiger partial charge in [0.05, 0.1) is 0 Å². The predicted octanol–water partition coefficient (Wildman–Crippen LogP) is 2.26. The van der Waals surface area contributed by atoms with E-state index in [0.717, 1.165) is 57.1 Å². The van der Waals surface area contributed by atoms with E-state index in [4.69, 9.17) is 4.74 Å². The zero-order valence-corrected chi connectivity index (χ0v) is 17.7. The van der Waals surface area contributed by atoms with Crippen molar-refractivity contribution in [1.29, 1.82) is 0 Å². The van der Waals surface area contributed by atoms with Gasteiger partial charge < -0.3 is 20.3 Å². The first-order valence-electron chi connectivity index (χ1n) is 8.50. The molecule has 0 spiro atoms. The second-order valence-electron chi connectivity index (χ2n) is 6.46. The van der Waals surface area contributed by atoms with Gasteiger partial charge in [-0.15, -0.1) is 24.0 Å². The first-order chi connectivity index (χ1) is 11.6. The van der Waals surface area contributed by atoms with E-state index in [1.807, 2.05) is 12.1 Å². The van der Waals surface area contributed by atoms with E-state index in [9.17, 15) is 4.39 Å². The van der Waals surface area contributed by atoms with E-state index in [1.165, 1.54) is 12.1 Å². The van der Waals surface area contributed by atoms with Crippen molar-refractivity contribution in [1.82, 2.24) is 15.5 Å². The van der Waals surface area contributed by atoms with E-state index >= 15 is 0 Å². The number of ether oxygens (including phenoxy) is 1. The minimum atomic E-state index is -0.199. The standard InChI is InChI=1S/C18H29FN4O.HI/c1-20-17(21-11-8-15-4-6-16(19)7-5-15)22-14-18(23(2)3)9-12-24-13-10-18;/h4-7H,8-14H2,1-3H3,(H2,20,21,22);1H. The van der Waals surface area contributed by atoms with Crippen molar-refractivity contribution in [2.75, 3.05) is 47.4 Å². The third-order valence-corrected chi connectivity index (χ3v) is 4.80. The molecule has 25 heavy (non-hydrogen) atoms. The summed E-state index contributed by atoms with van der Waals surface area (Å²) in [6.07, 6.45) is 2.85. The van der Waals surface area contributed by atoms with Crippen molar-refractivity contribution in [3.05, 3.63) is 35.6 Å². The Morgan fingerprint density at radius 3 is 2.40 bits per heavy atom. The summed E-state index contributed by atoms with van der Waals surface area (Å²) in [5.74, 6) is 0.597. The van der Waals surface area contributed by atoms with Crippen LogP contribution in [-0.2, 0) is 11.2 Å². The Morgan fingerprint density at radius 2 is 1.84 bits per heavy atom. The molecule has 0 atom stereocenters. The number of rotatable bonds is 6. The number of hydrogen-bond donors (Lipinski definition) is 2. The van der Waals surface area contributed by atoms with Gasteiger partial charge in [0.1, 0.15) is 5.82 Å². The fraction of sp³-hybridized carbons (Fsp3) is 0.611. The Morgan fingerprint density at radius 1 is 1.20 bits per heavy atom. The molecule has 1 aromatic rings. The van der Waals surface area contributed by atoms with Crippen LogP contribution < -0.4 is 10.6 Å². The van der Waals surface area contributed by atoms with Gasteiger partial charge in [-0.3, -0.25) is 4.99 Å². The van der Waals surface area contributed by atoms with Gasteiger partial charge in [0.15, 0.2) is 5.96 Å². The highest BCUT2D eigenvalue weighted by Gasteiger charge is 2.34. The van der Waals surface area contributed by atoms with Crippen LogP contribution in [0.5, 0.6) is 0 Å². The average molecular weight is 464 g/mol. The van der Waals surface area contributed by atoms with E-state index in [1.54, 1.807) is 7.05 Å². The number of benzene rings is 1. The SMILES string of the molecule is CN=C(NCCc1ccc(F)cc1)NCC1(N(C)C)CCOCC1.I. The van der Waals surface area contributed by atoms with Crippen LogP contribution in [0.3, 0.4) is 0 Å². The maximum Gasteiger partial charge on any atom is 0.191 e. The fourth-order valence-electron chi connectivity index (χ4n) is 2.98. The van der Waals surface area contributed by atoms with Crippen molar-refractivity contribution < 1.29 is 9.13 Å². The summed E-state index contributed by atoms with van der Waals surface area (Å²) in [6.45, 7) is 3.19. The lowest BCUT2D eigenvalue weighted by molar-refractivity contribution is -0.00500. The molecule has 2 N–H and O–H groups in total. The van der Waals surface area contributed by atoms with E-state index in [2.05, 4.69) is 34.6 Å². The summed E-state index contributed by atoms with van der Waals surface area (Å²) in [5.41, 5.74) is 1.21. The molecule has 7 heteroatoms. The van der Waals surface area contributed by atoms with E-state index in [0.29, 0.717) is 0 Å². The number of nitrogens with one attached hydrogen (secondary N) is 2. The molecule has 2 rings (SSSR count). The second kappa shape index (κ2) is 10.9. The first kappa shape index (κ1) is 22.1. The van der Waals surface area contributed by atoms with Gasteiger partial charge in [-0.25, -0.2) is 4.39 Å². The number of aliphatic imine (C=N–C) groups is 1. The fourth-order valence-corrected chi connectivity index (χ4v) is 2.98. The number of guanidine groups is 1. The monoisotopic (exact) mass is 464 g/mol. The minimum absolute atomic E-state index is 0. The molecule has 5 nitrogen and oxygen atoms in total. The maximum absolute atomic E-state index is 12.9. The molecule has 0 radical (unpaired) electrons. The number of nitrogens with zero attached hydrogens (tertiary/aromatic N) is 2. The molecule has 0 saturated carbocycles. The van der Waals surface area contributed by atoms with Gasteiger partial charge in [-0.2, -0.15) is 0 Å². The summed E-state index contributed by atoms with van der Waals surface area (Å²) in [4.78, 5) is 6.58. The van der Waals surface area contributed by atoms with Crippen LogP contribution in [0.25, 0.3) is 0 Å². The summed E-state index contributed by atoms with van der Waals surface area (Å²) >= 11 is 0. The minimum Gasteiger partial charge on any atom is -0.381 e. The molecular weight excluding hydrogens is 434 g/mol. The highest BCUT2D eigenvalue weighted by Crippen LogP contribution is 2.24. The maximum atomic E-state index is 12.9. The largest absolute Gasteiger partial charge is 0.381 e.